The van der Waals surface area contributed by atoms with Crippen LogP contribution in [-0.4, -0.2) is 42.8 Å². The van der Waals surface area contributed by atoms with E-state index in [9.17, 15) is 9.59 Å². The van der Waals surface area contributed by atoms with Crippen LogP contribution in [0.3, 0.4) is 0 Å². The van der Waals surface area contributed by atoms with Gasteiger partial charge in [-0.05, 0) is 48.2 Å². The van der Waals surface area contributed by atoms with Gasteiger partial charge in [-0.15, -0.1) is 0 Å². The number of carbonyl (C=O) groups is 2. The van der Waals surface area contributed by atoms with E-state index in [-0.39, 0.29) is 23.8 Å². The van der Waals surface area contributed by atoms with Gasteiger partial charge in [0.25, 0.3) is 0 Å². The van der Waals surface area contributed by atoms with Gasteiger partial charge in [0, 0.05) is 25.7 Å². The number of carbonyl (C=O) groups excluding carboxylic acids is 2. The minimum absolute atomic E-state index is 0.0442. The van der Waals surface area contributed by atoms with Gasteiger partial charge in [-0.25, -0.2) is 0 Å². The summed E-state index contributed by atoms with van der Waals surface area (Å²) >= 11 is 6.16. The normalized spacial score (nSPS) is 25.3. The molecule has 1 heterocycles. The molecule has 1 saturated heterocycles. The topological polar surface area (TPSA) is 49.9 Å². The van der Waals surface area contributed by atoms with Crippen LogP contribution < -0.4 is 4.74 Å². The van der Waals surface area contributed by atoms with Crippen LogP contribution in [0.1, 0.15) is 42.9 Å². The van der Waals surface area contributed by atoms with Crippen LogP contribution in [0.15, 0.2) is 48.5 Å². The zero-order valence-corrected chi connectivity index (χ0v) is 19.1. The lowest BCUT2D eigenvalue weighted by Crippen LogP contribution is -2.49. The number of halogens is 1. The first-order chi connectivity index (χ1) is 14.9. The van der Waals surface area contributed by atoms with E-state index >= 15 is 0 Å². The zero-order chi connectivity index (χ0) is 22.2. The van der Waals surface area contributed by atoms with E-state index in [4.69, 9.17) is 16.3 Å². The smallest absolute Gasteiger partial charge is 0.231 e. The molecule has 5 nitrogen and oxygen atoms in total. The van der Waals surface area contributed by atoms with Gasteiger partial charge < -0.3 is 14.5 Å². The van der Waals surface area contributed by atoms with Crippen molar-refractivity contribution in [3.05, 3.63) is 64.7 Å². The molecule has 2 aromatic rings. The summed E-state index contributed by atoms with van der Waals surface area (Å²) in [6.45, 7) is 0.453. The maximum absolute atomic E-state index is 13.8. The molecule has 2 amide bonds. The molecule has 4 rings (SSSR count). The van der Waals surface area contributed by atoms with Gasteiger partial charge in [-0.3, -0.25) is 9.59 Å². The minimum Gasteiger partial charge on any atom is -0.497 e. The summed E-state index contributed by atoms with van der Waals surface area (Å²) in [5.74, 6) is 0.599. The van der Waals surface area contributed by atoms with Crippen molar-refractivity contribution in [1.82, 2.24) is 9.80 Å². The zero-order valence-electron chi connectivity index (χ0n) is 18.3. The fourth-order valence-electron chi connectivity index (χ4n) is 5.48. The average Bonchev–Trinajstić information content (AvgIpc) is 3.03. The third kappa shape index (κ3) is 3.69. The Balaban J connectivity index is 1.82. The van der Waals surface area contributed by atoms with Gasteiger partial charge in [0.15, 0.2) is 0 Å². The van der Waals surface area contributed by atoms with Crippen LogP contribution in [0.25, 0.3) is 0 Å². The first kappa shape index (κ1) is 21.7. The van der Waals surface area contributed by atoms with Gasteiger partial charge >= 0.3 is 0 Å². The van der Waals surface area contributed by atoms with Crippen molar-refractivity contribution in [2.24, 2.45) is 11.3 Å². The highest BCUT2D eigenvalue weighted by Crippen LogP contribution is 2.59. The van der Waals surface area contributed by atoms with E-state index in [0.29, 0.717) is 18.0 Å². The number of fused-ring (bicyclic) bond motifs is 1. The first-order valence-electron chi connectivity index (χ1n) is 10.8. The van der Waals surface area contributed by atoms with Crippen molar-refractivity contribution in [1.29, 1.82) is 0 Å². The Bertz CT molecular complexity index is 958. The standard InChI is InChI=1S/C25H29ClN2O3/c1-27(2)24(30)25-15-5-4-6-21(25)23(29)28(16-17-7-13-20(31-3)14-8-17)22(25)18-9-11-19(26)12-10-18/h7-14,21-22H,4-6,15-16H2,1-3H3/t21?,22-,25+/m0/s1. The van der Waals surface area contributed by atoms with E-state index in [1.807, 2.05) is 53.4 Å². The third-order valence-corrected chi connectivity index (χ3v) is 7.09. The van der Waals surface area contributed by atoms with Crippen LogP contribution in [0, 0.1) is 11.3 Å². The molecule has 164 valence electrons. The van der Waals surface area contributed by atoms with E-state index in [1.54, 1.807) is 26.1 Å². The molecule has 1 aliphatic carbocycles. The van der Waals surface area contributed by atoms with Crippen molar-refractivity contribution >= 4 is 23.4 Å². The lowest BCUT2D eigenvalue weighted by atomic mass is 9.62. The number of methoxy groups -OCH3 is 1. The molecule has 31 heavy (non-hydrogen) atoms. The van der Waals surface area contributed by atoms with Crippen molar-refractivity contribution in [2.75, 3.05) is 21.2 Å². The molecule has 2 aromatic carbocycles. The lowest BCUT2D eigenvalue weighted by molar-refractivity contribution is -0.147. The molecule has 0 aromatic heterocycles. The quantitative estimate of drug-likeness (QED) is 0.677. The Morgan fingerprint density at radius 2 is 1.81 bits per heavy atom. The third-order valence-electron chi connectivity index (χ3n) is 6.84. The number of likely N-dealkylation sites (tertiary alicyclic amines) is 1. The summed E-state index contributed by atoms with van der Waals surface area (Å²) in [6, 6.07) is 15.1. The maximum atomic E-state index is 13.8. The monoisotopic (exact) mass is 440 g/mol. The maximum Gasteiger partial charge on any atom is 0.231 e. The fourth-order valence-corrected chi connectivity index (χ4v) is 5.61. The Labute approximate surface area is 188 Å². The van der Waals surface area contributed by atoms with Gasteiger partial charge in [0.05, 0.1) is 24.5 Å². The van der Waals surface area contributed by atoms with Crippen molar-refractivity contribution in [2.45, 2.75) is 38.3 Å². The molecule has 1 unspecified atom stereocenters. The molecule has 1 aliphatic heterocycles. The predicted octanol–water partition coefficient (Wildman–Crippen LogP) is 4.70. The summed E-state index contributed by atoms with van der Waals surface area (Å²) in [7, 11) is 5.22. The highest BCUT2D eigenvalue weighted by atomic mass is 35.5. The molecule has 2 aliphatic rings. The number of amides is 2. The van der Waals surface area contributed by atoms with Gasteiger partial charge in [-0.1, -0.05) is 48.7 Å². The van der Waals surface area contributed by atoms with Gasteiger partial charge in [0.1, 0.15) is 5.75 Å². The molecule has 0 N–H and O–H groups in total. The molecular weight excluding hydrogens is 412 g/mol. The van der Waals surface area contributed by atoms with Crippen molar-refractivity contribution in [3.8, 4) is 5.75 Å². The molecule has 0 spiro atoms. The van der Waals surface area contributed by atoms with Crippen LogP contribution in [0.4, 0.5) is 0 Å². The molecule has 3 atom stereocenters. The number of hydrogen-bond donors (Lipinski definition) is 0. The summed E-state index contributed by atoms with van der Waals surface area (Å²) < 4.78 is 5.27. The fraction of sp³-hybridized carbons (Fsp3) is 0.440. The van der Waals surface area contributed by atoms with E-state index < -0.39 is 5.41 Å². The first-order valence-corrected chi connectivity index (χ1v) is 11.2. The molecule has 0 bridgehead atoms. The Morgan fingerprint density at radius 3 is 2.42 bits per heavy atom. The summed E-state index contributed by atoms with van der Waals surface area (Å²) in [5.41, 5.74) is 1.23. The molecule has 6 heteroatoms. The number of ether oxygens (including phenoxy) is 1. The minimum atomic E-state index is -0.751. The second-order valence-electron chi connectivity index (χ2n) is 8.81. The molecule has 2 fully saturated rings. The van der Waals surface area contributed by atoms with Crippen LogP contribution in [0.5, 0.6) is 5.75 Å². The van der Waals surface area contributed by atoms with Gasteiger partial charge in [-0.2, -0.15) is 0 Å². The van der Waals surface area contributed by atoms with E-state index in [1.165, 1.54) is 0 Å². The highest BCUT2D eigenvalue weighted by Gasteiger charge is 2.64. The second-order valence-corrected chi connectivity index (χ2v) is 9.24. The van der Waals surface area contributed by atoms with Crippen LogP contribution >= 0.6 is 11.6 Å². The number of hydrogen-bond acceptors (Lipinski definition) is 3. The largest absolute Gasteiger partial charge is 0.497 e. The lowest BCUT2D eigenvalue weighted by Gasteiger charge is -2.43. The van der Waals surface area contributed by atoms with Crippen LogP contribution in [0.2, 0.25) is 5.02 Å². The predicted molar refractivity (Wildman–Crippen MR) is 121 cm³/mol. The Morgan fingerprint density at radius 1 is 1.13 bits per heavy atom. The number of benzene rings is 2. The van der Waals surface area contributed by atoms with Gasteiger partial charge in [0.2, 0.25) is 11.8 Å². The average molecular weight is 441 g/mol. The summed E-state index contributed by atoms with van der Waals surface area (Å²) in [4.78, 5) is 31.0. The van der Waals surface area contributed by atoms with E-state index in [2.05, 4.69) is 0 Å². The Hall–Kier alpha value is -2.53. The Kier molecular flexibility index (Phi) is 5.98. The second kappa shape index (κ2) is 8.54. The molecule has 0 radical (unpaired) electrons. The molecular formula is C25H29ClN2O3. The van der Waals surface area contributed by atoms with Crippen molar-refractivity contribution < 1.29 is 14.3 Å². The van der Waals surface area contributed by atoms with Crippen LogP contribution in [-0.2, 0) is 16.1 Å². The van der Waals surface area contributed by atoms with E-state index in [0.717, 1.165) is 36.1 Å². The summed E-state index contributed by atoms with van der Waals surface area (Å²) in [6.07, 6.45) is 3.39. The molecule has 1 saturated carbocycles. The number of rotatable bonds is 5. The van der Waals surface area contributed by atoms with Crippen molar-refractivity contribution in [3.63, 3.8) is 0 Å². The summed E-state index contributed by atoms with van der Waals surface area (Å²) in [5, 5.41) is 0.642. The SMILES string of the molecule is COc1ccc(CN2C(=O)C3CCCC[C@]3(C(=O)N(C)C)[C@@H]2c2ccc(Cl)cc2)cc1. The highest BCUT2D eigenvalue weighted by molar-refractivity contribution is 6.30. The number of nitrogens with zero attached hydrogens (tertiary/aromatic N) is 2.